The van der Waals surface area contributed by atoms with Crippen LogP contribution in [-0.4, -0.2) is 96.7 Å². The van der Waals surface area contributed by atoms with Crippen LogP contribution in [0.2, 0.25) is 0 Å². The third-order valence-electron chi connectivity index (χ3n) is 20.3. The Hall–Kier alpha value is -1.94. The maximum absolute atomic E-state index is 13.1. The third-order valence-corrected chi connectivity index (χ3v) is 22.2. The average molecular weight is 1540 g/mol. The van der Waals surface area contributed by atoms with Crippen LogP contribution >= 0.6 is 15.6 Å². The molecule has 5 atom stereocenters. The summed E-state index contributed by atoms with van der Waals surface area (Å²) in [7, 11) is -9.93. The van der Waals surface area contributed by atoms with E-state index in [-0.39, 0.29) is 25.7 Å². The summed E-state index contributed by atoms with van der Waals surface area (Å²) in [5.41, 5.74) is 0. The first-order valence-electron chi connectivity index (χ1n) is 44.6. The molecule has 0 fully saturated rings. The summed E-state index contributed by atoms with van der Waals surface area (Å²) in [4.78, 5) is 73.2. The zero-order valence-electron chi connectivity index (χ0n) is 68.9. The van der Waals surface area contributed by atoms with Crippen LogP contribution in [0.4, 0.5) is 0 Å². The van der Waals surface area contributed by atoms with Crippen molar-refractivity contribution < 1.29 is 80.2 Å². The maximum atomic E-state index is 13.1. The summed E-state index contributed by atoms with van der Waals surface area (Å²) in [5.74, 6) is -1.40. The standard InChI is InChI=1S/C86H168O17P2/c1-6-9-12-15-18-21-24-27-30-33-36-39-42-45-48-51-56-62-66-71-85(90)102-81(75-96-83(88)69-64-59-54-49-46-43-40-37-34-31-28-25-22-19-16-13-10-7-2)77-100-104(92,93)98-73-80(87)74-99-105(94,95)101-78-82(76-97-84(89)70-65-60-57-52-53-58-63-68-79(4)5)103-86(91)72-67-61-55-50-47-44-41-38-35-32-29-26-23-20-17-14-11-8-3/h79-82,87H,6-78H2,1-5H3,(H,92,93)(H,94,95)/t80-,81-,82-/m1/s1. The predicted octanol–water partition coefficient (Wildman–Crippen LogP) is 26.4. The molecule has 0 bridgehead atoms. The van der Waals surface area contributed by atoms with E-state index < -0.39 is 97.5 Å². The molecule has 0 aliphatic rings. The van der Waals surface area contributed by atoms with Gasteiger partial charge in [-0.1, -0.05) is 413 Å². The molecule has 3 N–H and O–H groups in total. The zero-order chi connectivity index (χ0) is 76.9. The van der Waals surface area contributed by atoms with Crippen molar-refractivity contribution in [2.24, 2.45) is 5.92 Å². The second-order valence-corrected chi connectivity index (χ2v) is 34.3. The Bertz CT molecular complexity index is 2000. The number of carbonyl (C=O) groups excluding carboxylic acids is 4. The van der Waals surface area contributed by atoms with Crippen LogP contribution in [0.25, 0.3) is 0 Å². The van der Waals surface area contributed by atoms with Crippen LogP contribution < -0.4 is 0 Å². The molecule has 0 radical (unpaired) electrons. The highest BCUT2D eigenvalue weighted by atomic mass is 31.2. The van der Waals surface area contributed by atoms with Crippen molar-refractivity contribution in [3.63, 3.8) is 0 Å². The third kappa shape index (κ3) is 79.9. The molecule has 0 rings (SSSR count). The molecule has 0 aromatic rings. The highest BCUT2D eigenvalue weighted by molar-refractivity contribution is 7.47. The maximum Gasteiger partial charge on any atom is 0.472 e. The van der Waals surface area contributed by atoms with E-state index >= 15 is 0 Å². The van der Waals surface area contributed by atoms with Crippen LogP contribution in [0.3, 0.4) is 0 Å². The number of unbranched alkanes of at least 4 members (excludes halogenated alkanes) is 58. The summed E-state index contributed by atoms with van der Waals surface area (Å²) >= 11 is 0. The fraction of sp³-hybridized carbons (Fsp3) is 0.953. The van der Waals surface area contributed by atoms with E-state index in [1.165, 1.54) is 283 Å². The molecular formula is C86H168O17P2. The molecule has 2 unspecified atom stereocenters. The van der Waals surface area contributed by atoms with Crippen molar-refractivity contribution in [2.45, 2.75) is 483 Å². The van der Waals surface area contributed by atoms with Crippen LogP contribution in [-0.2, 0) is 65.4 Å². The van der Waals surface area contributed by atoms with E-state index in [0.29, 0.717) is 31.6 Å². The minimum absolute atomic E-state index is 0.108. The van der Waals surface area contributed by atoms with Gasteiger partial charge >= 0.3 is 39.5 Å². The summed E-state index contributed by atoms with van der Waals surface area (Å²) < 4.78 is 68.9. The van der Waals surface area contributed by atoms with Gasteiger partial charge in [0.25, 0.3) is 0 Å². The molecule has 0 heterocycles. The Morgan fingerprint density at radius 3 is 0.648 bits per heavy atom. The van der Waals surface area contributed by atoms with Crippen molar-refractivity contribution in [1.82, 2.24) is 0 Å². The molecule has 624 valence electrons. The monoisotopic (exact) mass is 1540 g/mol. The molecule has 0 amide bonds. The molecule has 0 aromatic heterocycles. The molecule has 0 aromatic carbocycles. The number of phosphoric ester groups is 2. The molecule has 0 spiro atoms. The van der Waals surface area contributed by atoms with Crippen molar-refractivity contribution in [2.75, 3.05) is 39.6 Å². The number of aliphatic hydroxyl groups is 1. The second kappa shape index (κ2) is 78.7. The highest BCUT2D eigenvalue weighted by Crippen LogP contribution is 2.45. The average Bonchev–Trinajstić information content (AvgIpc) is 0.943. The lowest BCUT2D eigenvalue weighted by Crippen LogP contribution is -2.30. The van der Waals surface area contributed by atoms with Crippen molar-refractivity contribution in [1.29, 1.82) is 0 Å². The molecule has 19 heteroatoms. The Balaban J connectivity index is 5.22. The number of phosphoric acid groups is 2. The van der Waals surface area contributed by atoms with Gasteiger partial charge in [-0.3, -0.25) is 37.3 Å². The van der Waals surface area contributed by atoms with E-state index in [1.54, 1.807) is 0 Å². The first kappa shape index (κ1) is 103. The number of aliphatic hydroxyl groups excluding tert-OH is 1. The van der Waals surface area contributed by atoms with Gasteiger partial charge in [0.1, 0.15) is 19.3 Å². The first-order valence-corrected chi connectivity index (χ1v) is 47.6. The van der Waals surface area contributed by atoms with Crippen LogP contribution in [0.1, 0.15) is 465 Å². The summed E-state index contributed by atoms with van der Waals surface area (Å²) in [6.07, 6.45) is 72.3. The fourth-order valence-electron chi connectivity index (χ4n) is 13.5. The van der Waals surface area contributed by atoms with E-state index in [9.17, 15) is 43.2 Å². The van der Waals surface area contributed by atoms with Crippen molar-refractivity contribution in [3.05, 3.63) is 0 Å². The Kier molecular flexibility index (Phi) is 77.3. The highest BCUT2D eigenvalue weighted by Gasteiger charge is 2.30. The van der Waals surface area contributed by atoms with Crippen molar-refractivity contribution >= 4 is 39.5 Å². The Morgan fingerprint density at radius 1 is 0.257 bits per heavy atom. The van der Waals surface area contributed by atoms with E-state index in [1.807, 2.05) is 0 Å². The van der Waals surface area contributed by atoms with Crippen LogP contribution in [0, 0.1) is 5.92 Å². The first-order chi connectivity index (χ1) is 51.0. The summed E-state index contributed by atoms with van der Waals surface area (Å²) in [5, 5.41) is 10.7. The van der Waals surface area contributed by atoms with E-state index in [0.717, 1.165) is 96.3 Å². The summed E-state index contributed by atoms with van der Waals surface area (Å²) in [6.45, 7) is 7.31. The quantitative estimate of drug-likeness (QED) is 0.0222. The molecule has 0 aliphatic heterocycles. The fourth-order valence-corrected chi connectivity index (χ4v) is 15.1. The lowest BCUT2D eigenvalue weighted by Gasteiger charge is -2.21. The lowest BCUT2D eigenvalue weighted by molar-refractivity contribution is -0.161. The Labute approximate surface area is 645 Å². The number of hydrogen-bond donors (Lipinski definition) is 3. The van der Waals surface area contributed by atoms with Gasteiger partial charge in [-0.25, -0.2) is 9.13 Å². The number of esters is 4. The van der Waals surface area contributed by atoms with Gasteiger partial charge in [0.2, 0.25) is 0 Å². The van der Waals surface area contributed by atoms with E-state index in [4.69, 9.17) is 37.0 Å². The van der Waals surface area contributed by atoms with Gasteiger partial charge in [-0.15, -0.1) is 0 Å². The normalized spacial score (nSPS) is 13.8. The lowest BCUT2D eigenvalue weighted by atomic mass is 10.0. The Morgan fingerprint density at radius 2 is 0.438 bits per heavy atom. The topological polar surface area (TPSA) is 237 Å². The number of rotatable bonds is 86. The number of hydrogen-bond acceptors (Lipinski definition) is 15. The van der Waals surface area contributed by atoms with Gasteiger partial charge in [0.05, 0.1) is 26.4 Å². The van der Waals surface area contributed by atoms with Gasteiger partial charge < -0.3 is 33.8 Å². The molecule has 0 aliphatic carbocycles. The molecule has 0 saturated heterocycles. The van der Waals surface area contributed by atoms with E-state index in [2.05, 4.69) is 34.6 Å². The minimum atomic E-state index is -4.96. The molecule has 17 nitrogen and oxygen atoms in total. The smallest absolute Gasteiger partial charge is 0.462 e. The van der Waals surface area contributed by atoms with Gasteiger partial charge in [-0.05, 0) is 31.6 Å². The zero-order valence-corrected chi connectivity index (χ0v) is 70.7. The molecule has 105 heavy (non-hydrogen) atoms. The molecule has 0 saturated carbocycles. The number of carbonyl (C=O) groups is 4. The van der Waals surface area contributed by atoms with Crippen LogP contribution in [0.15, 0.2) is 0 Å². The SMILES string of the molecule is CCCCCCCCCCCCCCCCCCCCCC(=O)O[C@H](COC(=O)CCCCCCCCCCCCCCCCCCCC)COP(=O)(O)OC[C@@H](O)COP(=O)(O)OC[C@@H](COC(=O)CCCCCCCCCC(C)C)OC(=O)CCCCCCCCCCCCCCCCCCCC. The van der Waals surface area contributed by atoms with Crippen LogP contribution in [0.5, 0.6) is 0 Å². The van der Waals surface area contributed by atoms with Gasteiger partial charge in [0.15, 0.2) is 12.2 Å². The summed E-state index contributed by atoms with van der Waals surface area (Å²) in [6, 6.07) is 0. The number of ether oxygens (including phenoxy) is 4. The molecular weight excluding hydrogens is 1370 g/mol. The minimum Gasteiger partial charge on any atom is -0.462 e. The largest absolute Gasteiger partial charge is 0.472 e. The van der Waals surface area contributed by atoms with Crippen molar-refractivity contribution in [3.8, 4) is 0 Å². The van der Waals surface area contributed by atoms with Gasteiger partial charge in [-0.2, -0.15) is 0 Å². The second-order valence-electron chi connectivity index (χ2n) is 31.4. The predicted molar refractivity (Wildman–Crippen MR) is 432 cm³/mol. The van der Waals surface area contributed by atoms with Gasteiger partial charge in [0, 0.05) is 25.7 Å².